The lowest BCUT2D eigenvalue weighted by Gasteiger charge is -2.27. The van der Waals surface area contributed by atoms with Gasteiger partial charge < -0.3 is 18.9 Å². The van der Waals surface area contributed by atoms with Gasteiger partial charge in [-0.25, -0.2) is 9.59 Å². The first-order valence-electron chi connectivity index (χ1n) is 6.67. The van der Waals surface area contributed by atoms with E-state index >= 15 is 0 Å². The molecule has 21 heavy (non-hydrogen) atoms. The van der Waals surface area contributed by atoms with E-state index in [0.29, 0.717) is 6.61 Å². The van der Waals surface area contributed by atoms with Gasteiger partial charge in [-0.05, 0) is 27.0 Å². The Balaban J connectivity index is 3.15. The molecule has 0 aromatic heterocycles. The topological polar surface area (TPSA) is 71.1 Å². The van der Waals surface area contributed by atoms with Crippen molar-refractivity contribution in [3.63, 3.8) is 0 Å². The lowest BCUT2D eigenvalue weighted by Crippen LogP contribution is -2.26. The molecule has 0 aromatic carbocycles. The van der Waals surface area contributed by atoms with Crippen molar-refractivity contribution in [3.05, 3.63) is 22.5 Å². The second-order valence-corrected chi connectivity index (χ2v) is 4.90. The molecular formula is C14H20O6S. The quantitative estimate of drug-likeness (QED) is 0.567. The third-order valence-corrected chi connectivity index (χ3v) is 3.18. The van der Waals surface area contributed by atoms with Crippen LogP contribution in [0.1, 0.15) is 20.8 Å². The minimum absolute atomic E-state index is 0.184. The first-order valence-corrected chi connectivity index (χ1v) is 7.89. The first kappa shape index (κ1) is 17.4. The van der Waals surface area contributed by atoms with Crippen LogP contribution in [0.3, 0.4) is 0 Å². The molecule has 118 valence electrons. The Bertz CT molecular complexity index is 454. The zero-order valence-corrected chi connectivity index (χ0v) is 13.5. The highest BCUT2D eigenvalue weighted by Gasteiger charge is 2.28. The fourth-order valence-electron chi connectivity index (χ4n) is 1.59. The van der Waals surface area contributed by atoms with Crippen molar-refractivity contribution in [2.24, 2.45) is 0 Å². The van der Waals surface area contributed by atoms with Gasteiger partial charge in [-0.3, -0.25) is 0 Å². The molecule has 7 heteroatoms. The van der Waals surface area contributed by atoms with Crippen LogP contribution in [0.4, 0.5) is 0 Å². The van der Waals surface area contributed by atoms with Crippen LogP contribution in [0.2, 0.25) is 0 Å². The highest BCUT2D eigenvalue weighted by atomic mass is 32.2. The predicted octanol–water partition coefficient (Wildman–Crippen LogP) is 2.01. The van der Waals surface area contributed by atoms with E-state index < -0.39 is 11.9 Å². The third kappa shape index (κ3) is 5.00. The van der Waals surface area contributed by atoms with Gasteiger partial charge in [-0.15, -0.1) is 11.8 Å². The smallest absolute Gasteiger partial charge is 0.348 e. The third-order valence-electron chi connectivity index (χ3n) is 2.42. The number of carbonyl (C=O) groups is 2. The summed E-state index contributed by atoms with van der Waals surface area (Å²) in [6.07, 6.45) is 2.68. The number of rotatable bonds is 5. The monoisotopic (exact) mass is 316 g/mol. The lowest BCUT2D eigenvalue weighted by atomic mass is 10.3. The van der Waals surface area contributed by atoms with E-state index in [9.17, 15) is 9.59 Å². The number of thioether (sulfide) groups is 1. The van der Waals surface area contributed by atoms with Crippen molar-refractivity contribution in [1.29, 1.82) is 0 Å². The maximum atomic E-state index is 12.0. The van der Waals surface area contributed by atoms with Gasteiger partial charge in [0.2, 0.25) is 0 Å². The number of carbonyl (C=O) groups excluding carboxylic acids is 2. The standard InChI is InChI=1S/C14H20O6S/c1-5-17-11(15)7-10-12(20-9(3)8-19-10)13(21-4)14(16)18-6-2/h7,9H,5-6,8H2,1-4H3/b10-7-,13-12+. The van der Waals surface area contributed by atoms with Gasteiger partial charge in [-0.1, -0.05) is 0 Å². The van der Waals surface area contributed by atoms with Gasteiger partial charge >= 0.3 is 11.9 Å². The molecule has 1 rings (SSSR count). The Morgan fingerprint density at radius 3 is 2.57 bits per heavy atom. The van der Waals surface area contributed by atoms with Gasteiger partial charge in [0.25, 0.3) is 0 Å². The van der Waals surface area contributed by atoms with Crippen LogP contribution in [0.15, 0.2) is 22.5 Å². The number of hydrogen-bond acceptors (Lipinski definition) is 7. The fraction of sp³-hybridized carbons (Fsp3) is 0.571. The molecule has 1 aliphatic rings. The summed E-state index contributed by atoms with van der Waals surface area (Å²) in [6, 6.07) is 0. The van der Waals surface area contributed by atoms with Crippen molar-refractivity contribution >= 4 is 23.7 Å². The molecule has 0 bridgehead atoms. The maximum absolute atomic E-state index is 12.0. The highest BCUT2D eigenvalue weighted by molar-refractivity contribution is 8.03. The van der Waals surface area contributed by atoms with E-state index in [1.807, 2.05) is 6.92 Å². The van der Waals surface area contributed by atoms with Crippen molar-refractivity contribution in [2.45, 2.75) is 26.9 Å². The molecule has 6 nitrogen and oxygen atoms in total. The molecule has 0 spiro atoms. The van der Waals surface area contributed by atoms with E-state index in [1.54, 1.807) is 20.1 Å². The van der Waals surface area contributed by atoms with Crippen LogP contribution in [-0.2, 0) is 28.5 Å². The summed E-state index contributed by atoms with van der Waals surface area (Å²) in [4.78, 5) is 23.8. The Kier molecular flexibility index (Phi) is 7.14. The molecule has 0 aliphatic carbocycles. The molecule has 1 fully saturated rings. The minimum atomic E-state index is -0.549. The van der Waals surface area contributed by atoms with Crippen LogP contribution in [0.25, 0.3) is 0 Å². The van der Waals surface area contributed by atoms with E-state index in [-0.39, 0.29) is 35.7 Å². The van der Waals surface area contributed by atoms with Crippen molar-refractivity contribution in [3.8, 4) is 0 Å². The molecule has 0 radical (unpaired) electrons. The summed E-state index contributed by atoms with van der Waals surface area (Å²) < 4.78 is 21.0. The summed E-state index contributed by atoms with van der Waals surface area (Å²) in [5.74, 6) is -0.656. The normalized spacial score (nSPS) is 22.1. The minimum Gasteiger partial charge on any atom is -0.486 e. The molecule has 1 atom stereocenters. The van der Waals surface area contributed by atoms with Crippen LogP contribution in [-0.4, -0.2) is 44.1 Å². The lowest BCUT2D eigenvalue weighted by molar-refractivity contribution is -0.139. The van der Waals surface area contributed by atoms with Gasteiger partial charge in [-0.2, -0.15) is 0 Å². The van der Waals surface area contributed by atoms with Crippen LogP contribution < -0.4 is 0 Å². The zero-order valence-electron chi connectivity index (χ0n) is 12.6. The molecule has 0 amide bonds. The van der Waals surface area contributed by atoms with Crippen molar-refractivity contribution in [1.82, 2.24) is 0 Å². The largest absolute Gasteiger partial charge is 0.486 e. The van der Waals surface area contributed by atoms with Crippen molar-refractivity contribution < 1.29 is 28.5 Å². The first-order chi connectivity index (χ1) is 10.0. The summed E-state index contributed by atoms with van der Waals surface area (Å²) >= 11 is 1.18. The Morgan fingerprint density at radius 2 is 2.00 bits per heavy atom. The van der Waals surface area contributed by atoms with E-state index in [1.165, 1.54) is 17.8 Å². The van der Waals surface area contributed by atoms with Crippen LogP contribution >= 0.6 is 11.8 Å². The fourth-order valence-corrected chi connectivity index (χ4v) is 2.15. The summed E-state index contributed by atoms with van der Waals surface area (Å²) in [6.45, 7) is 6.04. The Hall–Kier alpha value is -1.63. The molecular weight excluding hydrogens is 296 g/mol. The second-order valence-electron chi connectivity index (χ2n) is 4.08. The summed E-state index contributed by atoms with van der Waals surface area (Å²) in [7, 11) is 0. The number of hydrogen-bond donors (Lipinski definition) is 0. The summed E-state index contributed by atoms with van der Waals surface area (Å²) in [5.41, 5.74) is 0. The Labute approximate surface area is 128 Å². The number of ether oxygens (including phenoxy) is 4. The second kappa shape index (κ2) is 8.61. The van der Waals surface area contributed by atoms with E-state index in [2.05, 4.69) is 0 Å². The predicted molar refractivity (Wildman–Crippen MR) is 78.4 cm³/mol. The Morgan fingerprint density at radius 1 is 1.33 bits per heavy atom. The maximum Gasteiger partial charge on any atom is 0.348 e. The zero-order chi connectivity index (χ0) is 15.8. The van der Waals surface area contributed by atoms with Crippen molar-refractivity contribution in [2.75, 3.05) is 26.1 Å². The molecule has 1 heterocycles. The average molecular weight is 316 g/mol. The van der Waals surface area contributed by atoms with Gasteiger partial charge in [0.15, 0.2) is 11.5 Å². The summed E-state index contributed by atoms with van der Waals surface area (Å²) in [5, 5.41) is 0. The van der Waals surface area contributed by atoms with E-state index in [4.69, 9.17) is 18.9 Å². The van der Waals surface area contributed by atoms with Gasteiger partial charge in [0, 0.05) is 0 Å². The van der Waals surface area contributed by atoms with E-state index in [0.717, 1.165) is 0 Å². The highest BCUT2D eigenvalue weighted by Crippen LogP contribution is 2.30. The molecule has 1 saturated heterocycles. The molecule has 0 aromatic rings. The van der Waals surface area contributed by atoms with Gasteiger partial charge in [0.05, 0.1) is 19.3 Å². The van der Waals surface area contributed by atoms with Gasteiger partial charge in [0.1, 0.15) is 17.6 Å². The molecule has 1 unspecified atom stereocenters. The SMILES string of the molecule is CCOC(=O)/C=C1\OCC(C)O\C1=C(\SC)C(=O)OCC. The van der Waals surface area contributed by atoms with Crippen LogP contribution in [0, 0.1) is 0 Å². The molecule has 0 saturated carbocycles. The number of esters is 2. The molecule has 0 N–H and O–H groups in total. The average Bonchev–Trinajstić information content (AvgIpc) is 2.43. The van der Waals surface area contributed by atoms with Crippen LogP contribution in [0.5, 0.6) is 0 Å². The molecule has 1 aliphatic heterocycles.